The summed E-state index contributed by atoms with van der Waals surface area (Å²) in [6, 6.07) is 10.3. The standard InChI is InChI=1S/C24H24F2N4/c1-3-30-8-6-15(7-9-30)20-13-19(25)11-16-4-5-22(27-23(16)20)17-10-18-14-29(2)28-24(18)21(26)12-17/h4-5,10-15H,3,6-9H2,1-2H3. The van der Waals surface area contributed by atoms with Gasteiger partial charge in [-0.15, -0.1) is 0 Å². The van der Waals surface area contributed by atoms with Gasteiger partial charge in [-0.3, -0.25) is 4.68 Å². The van der Waals surface area contributed by atoms with Crippen LogP contribution in [0.5, 0.6) is 0 Å². The fraction of sp³-hybridized carbons (Fsp3) is 0.333. The summed E-state index contributed by atoms with van der Waals surface area (Å²) >= 11 is 0. The molecule has 0 aliphatic carbocycles. The van der Waals surface area contributed by atoms with Crippen LogP contribution >= 0.6 is 0 Å². The Morgan fingerprint density at radius 3 is 2.57 bits per heavy atom. The predicted molar refractivity (Wildman–Crippen MR) is 115 cm³/mol. The first-order chi connectivity index (χ1) is 14.5. The fourth-order valence-corrected chi connectivity index (χ4v) is 4.62. The third-order valence-corrected chi connectivity index (χ3v) is 6.23. The van der Waals surface area contributed by atoms with Gasteiger partial charge >= 0.3 is 0 Å². The van der Waals surface area contributed by atoms with Gasteiger partial charge in [-0.2, -0.15) is 5.10 Å². The summed E-state index contributed by atoms with van der Waals surface area (Å²) < 4.78 is 30.6. The number of aromatic nitrogens is 3. The highest BCUT2D eigenvalue weighted by atomic mass is 19.1. The Bertz CT molecular complexity index is 1240. The quantitative estimate of drug-likeness (QED) is 0.465. The van der Waals surface area contributed by atoms with Gasteiger partial charge in [0.15, 0.2) is 5.82 Å². The first-order valence-corrected chi connectivity index (χ1v) is 10.5. The van der Waals surface area contributed by atoms with Crippen LogP contribution in [0, 0.1) is 11.6 Å². The second-order valence-corrected chi connectivity index (χ2v) is 8.17. The van der Waals surface area contributed by atoms with Crippen molar-refractivity contribution in [3.05, 3.63) is 59.8 Å². The summed E-state index contributed by atoms with van der Waals surface area (Å²) in [6.45, 7) is 5.24. The van der Waals surface area contributed by atoms with E-state index in [2.05, 4.69) is 16.9 Å². The molecule has 0 saturated carbocycles. The van der Waals surface area contributed by atoms with Crippen molar-refractivity contribution in [3.8, 4) is 11.3 Å². The minimum atomic E-state index is -0.365. The predicted octanol–water partition coefficient (Wildman–Crippen LogP) is 5.27. The number of pyridine rings is 1. The molecule has 3 heterocycles. The van der Waals surface area contributed by atoms with Crippen molar-refractivity contribution >= 4 is 21.8 Å². The number of benzene rings is 2. The number of nitrogens with zero attached hydrogens (tertiary/aromatic N) is 4. The highest BCUT2D eigenvalue weighted by Crippen LogP contribution is 2.35. The van der Waals surface area contributed by atoms with Crippen molar-refractivity contribution in [3.63, 3.8) is 0 Å². The Kier molecular flexibility index (Phi) is 4.74. The van der Waals surface area contributed by atoms with Crippen LogP contribution in [0.2, 0.25) is 0 Å². The Balaban J connectivity index is 1.61. The van der Waals surface area contributed by atoms with Gasteiger partial charge in [0.05, 0.1) is 11.2 Å². The van der Waals surface area contributed by atoms with Crippen LogP contribution in [0.15, 0.2) is 42.6 Å². The molecule has 0 radical (unpaired) electrons. The number of halogens is 2. The van der Waals surface area contributed by atoms with Gasteiger partial charge in [0.2, 0.25) is 0 Å². The van der Waals surface area contributed by atoms with Crippen molar-refractivity contribution in [2.24, 2.45) is 7.05 Å². The topological polar surface area (TPSA) is 34.0 Å². The number of likely N-dealkylation sites (tertiary alicyclic amines) is 1. The SMILES string of the molecule is CCN1CCC(c2cc(F)cc3ccc(-c4cc(F)c5nn(C)cc5c4)nc23)CC1. The van der Waals surface area contributed by atoms with Gasteiger partial charge in [-0.1, -0.05) is 13.0 Å². The van der Waals surface area contributed by atoms with Crippen molar-refractivity contribution in [2.45, 2.75) is 25.7 Å². The third-order valence-electron chi connectivity index (χ3n) is 6.23. The lowest BCUT2D eigenvalue weighted by Crippen LogP contribution is -2.32. The monoisotopic (exact) mass is 406 g/mol. The summed E-state index contributed by atoms with van der Waals surface area (Å²) in [5.74, 6) is -0.310. The number of rotatable bonds is 3. The van der Waals surface area contributed by atoms with Gasteiger partial charge in [0.1, 0.15) is 11.3 Å². The number of aryl methyl sites for hydroxylation is 1. The lowest BCUT2D eigenvalue weighted by molar-refractivity contribution is 0.222. The molecule has 1 saturated heterocycles. The van der Waals surface area contributed by atoms with Crippen molar-refractivity contribution in [1.29, 1.82) is 0 Å². The van der Waals surface area contributed by atoms with Crippen LogP contribution in [0.1, 0.15) is 31.2 Å². The molecule has 4 nitrogen and oxygen atoms in total. The minimum Gasteiger partial charge on any atom is -0.304 e. The fourth-order valence-electron chi connectivity index (χ4n) is 4.62. The zero-order valence-corrected chi connectivity index (χ0v) is 17.2. The van der Waals surface area contributed by atoms with Crippen molar-refractivity contribution in [2.75, 3.05) is 19.6 Å². The smallest absolute Gasteiger partial charge is 0.151 e. The van der Waals surface area contributed by atoms with Gasteiger partial charge in [-0.05, 0) is 74.3 Å². The van der Waals surface area contributed by atoms with Crippen LogP contribution in [-0.2, 0) is 7.05 Å². The molecule has 0 bridgehead atoms. The highest BCUT2D eigenvalue weighted by Gasteiger charge is 2.23. The lowest BCUT2D eigenvalue weighted by atomic mass is 9.87. The Labute approximate surface area is 174 Å². The number of hydrogen-bond acceptors (Lipinski definition) is 3. The van der Waals surface area contributed by atoms with E-state index in [1.165, 1.54) is 12.1 Å². The maximum absolute atomic E-state index is 14.6. The Morgan fingerprint density at radius 2 is 1.80 bits per heavy atom. The first-order valence-electron chi connectivity index (χ1n) is 10.5. The molecule has 2 aromatic heterocycles. The largest absolute Gasteiger partial charge is 0.304 e. The molecule has 0 amide bonds. The molecule has 1 fully saturated rings. The van der Waals surface area contributed by atoms with E-state index in [4.69, 9.17) is 4.98 Å². The van der Waals surface area contributed by atoms with E-state index in [0.29, 0.717) is 16.8 Å². The first kappa shape index (κ1) is 19.1. The Hall–Kier alpha value is -2.86. The second-order valence-electron chi connectivity index (χ2n) is 8.17. The third kappa shape index (κ3) is 3.35. The van der Waals surface area contributed by atoms with E-state index in [-0.39, 0.29) is 17.6 Å². The summed E-state index contributed by atoms with van der Waals surface area (Å²) in [5.41, 5.74) is 3.52. The average Bonchev–Trinajstić information content (AvgIpc) is 3.14. The highest BCUT2D eigenvalue weighted by molar-refractivity contribution is 5.88. The van der Waals surface area contributed by atoms with Gasteiger partial charge < -0.3 is 4.90 Å². The molecular weight excluding hydrogens is 382 g/mol. The van der Waals surface area contributed by atoms with Gasteiger partial charge in [0, 0.05) is 29.6 Å². The van der Waals surface area contributed by atoms with Gasteiger partial charge in [-0.25, -0.2) is 13.8 Å². The van der Waals surface area contributed by atoms with E-state index in [9.17, 15) is 8.78 Å². The molecule has 4 aromatic rings. The number of fused-ring (bicyclic) bond motifs is 2. The Morgan fingerprint density at radius 1 is 1.00 bits per heavy atom. The van der Waals surface area contributed by atoms with Crippen molar-refractivity contribution < 1.29 is 8.78 Å². The molecule has 154 valence electrons. The molecule has 5 rings (SSSR count). The minimum absolute atomic E-state index is 0.229. The van der Waals surface area contributed by atoms with Gasteiger partial charge in [0.25, 0.3) is 0 Å². The van der Waals surface area contributed by atoms with Crippen LogP contribution in [0.4, 0.5) is 8.78 Å². The molecule has 0 spiro atoms. The maximum atomic E-state index is 14.6. The lowest BCUT2D eigenvalue weighted by Gasteiger charge is -2.31. The van der Waals surface area contributed by atoms with E-state index in [1.54, 1.807) is 24.0 Å². The average molecular weight is 406 g/mol. The number of hydrogen-bond donors (Lipinski definition) is 0. The van der Waals surface area contributed by atoms with Crippen LogP contribution in [0.3, 0.4) is 0 Å². The van der Waals surface area contributed by atoms with E-state index in [0.717, 1.165) is 54.3 Å². The molecule has 0 unspecified atom stereocenters. The maximum Gasteiger partial charge on any atom is 0.151 e. The summed E-state index contributed by atoms with van der Waals surface area (Å²) in [7, 11) is 1.78. The number of piperidine rings is 1. The zero-order valence-electron chi connectivity index (χ0n) is 17.2. The van der Waals surface area contributed by atoms with E-state index >= 15 is 0 Å². The second kappa shape index (κ2) is 7.43. The summed E-state index contributed by atoms with van der Waals surface area (Å²) in [6.07, 6.45) is 3.79. The molecule has 6 heteroatoms. The molecule has 2 aromatic carbocycles. The van der Waals surface area contributed by atoms with Crippen LogP contribution < -0.4 is 0 Å². The molecule has 0 atom stereocenters. The molecular formula is C24H24F2N4. The molecule has 1 aliphatic heterocycles. The van der Waals surface area contributed by atoms with E-state index < -0.39 is 0 Å². The summed E-state index contributed by atoms with van der Waals surface area (Å²) in [5, 5.41) is 5.69. The molecule has 30 heavy (non-hydrogen) atoms. The summed E-state index contributed by atoms with van der Waals surface area (Å²) in [4.78, 5) is 7.30. The van der Waals surface area contributed by atoms with Crippen LogP contribution in [0.25, 0.3) is 33.1 Å². The zero-order chi connectivity index (χ0) is 20.8. The normalized spacial score (nSPS) is 16.0. The van der Waals surface area contributed by atoms with E-state index in [1.807, 2.05) is 18.2 Å². The van der Waals surface area contributed by atoms with Crippen molar-refractivity contribution in [1.82, 2.24) is 19.7 Å². The molecule has 0 N–H and O–H groups in total. The van der Waals surface area contributed by atoms with Crippen LogP contribution in [-0.4, -0.2) is 39.3 Å². The molecule has 1 aliphatic rings.